The van der Waals surface area contributed by atoms with Crippen molar-refractivity contribution in [1.29, 1.82) is 0 Å². The molecular formula is C12H18BrClN2. The summed E-state index contributed by atoms with van der Waals surface area (Å²) in [5.74, 6) is 0.524. The first kappa shape index (κ1) is 14.0. The summed E-state index contributed by atoms with van der Waals surface area (Å²) in [5.41, 5.74) is 6.79. The Morgan fingerprint density at radius 1 is 1.44 bits per heavy atom. The quantitative estimate of drug-likeness (QED) is 0.877. The van der Waals surface area contributed by atoms with Crippen molar-refractivity contribution in [2.24, 2.45) is 11.7 Å². The second-order valence-electron chi connectivity index (χ2n) is 4.20. The highest BCUT2D eigenvalue weighted by molar-refractivity contribution is 9.10. The lowest BCUT2D eigenvalue weighted by Crippen LogP contribution is -2.39. The molecule has 0 aliphatic heterocycles. The fourth-order valence-corrected chi connectivity index (χ4v) is 2.10. The highest BCUT2D eigenvalue weighted by Crippen LogP contribution is 2.21. The van der Waals surface area contributed by atoms with E-state index in [4.69, 9.17) is 17.3 Å². The van der Waals surface area contributed by atoms with Crippen LogP contribution in [0, 0.1) is 5.92 Å². The average molecular weight is 306 g/mol. The summed E-state index contributed by atoms with van der Waals surface area (Å²) in [5, 5.41) is 4.21. The molecule has 1 aromatic rings. The maximum Gasteiger partial charge on any atom is 0.0451 e. The van der Waals surface area contributed by atoms with Gasteiger partial charge in [0.15, 0.2) is 0 Å². The Bertz CT molecular complexity index is 342. The number of halogens is 2. The van der Waals surface area contributed by atoms with E-state index in [2.05, 4.69) is 35.1 Å². The molecule has 0 heterocycles. The molecule has 0 aliphatic carbocycles. The van der Waals surface area contributed by atoms with Gasteiger partial charge in [0.1, 0.15) is 0 Å². The van der Waals surface area contributed by atoms with E-state index < -0.39 is 0 Å². The molecule has 0 aliphatic rings. The van der Waals surface area contributed by atoms with Crippen LogP contribution in [-0.2, 0) is 6.54 Å². The van der Waals surface area contributed by atoms with Crippen LogP contribution in [0.3, 0.4) is 0 Å². The molecule has 0 fully saturated rings. The van der Waals surface area contributed by atoms with E-state index in [0.29, 0.717) is 18.5 Å². The molecule has 0 saturated heterocycles. The lowest BCUT2D eigenvalue weighted by atomic mass is 10.0. The minimum absolute atomic E-state index is 0.329. The number of rotatable bonds is 5. The van der Waals surface area contributed by atoms with E-state index in [1.165, 1.54) is 0 Å². The Morgan fingerprint density at radius 2 is 2.12 bits per heavy atom. The van der Waals surface area contributed by atoms with Gasteiger partial charge in [0, 0.05) is 28.6 Å². The molecule has 16 heavy (non-hydrogen) atoms. The van der Waals surface area contributed by atoms with Crippen LogP contribution >= 0.6 is 27.5 Å². The van der Waals surface area contributed by atoms with Gasteiger partial charge < -0.3 is 11.1 Å². The number of hydrogen-bond donors (Lipinski definition) is 2. The third kappa shape index (κ3) is 4.06. The fourth-order valence-electron chi connectivity index (χ4n) is 1.51. The summed E-state index contributed by atoms with van der Waals surface area (Å²) in [4.78, 5) is 0. The average Bonchev–Trinajstić information content (AvgIpc) is 2.23. The smallest absolute Gasteiger partial charge is 0.0451 e. The SMILES string of the molecule is CC(C)C(CN)NCc1cc(Br)ccc1Cl. The Labute approximate surface area is 111 Å². The third-order valence-corrected chi connectivity index (χ3v) is 3.48. The first-order valence-corrected chi connectivity index (χ1v) is 6.59. The minimum Gasteiger partial charge on any atom is -0.329 e. The Kier molecular flexibility index (Phi) is 5.76. The van der Waals surface area contributed by atoms with Crippen molar-refractivity contribution in [3.63, 3.8) is 0 Å². The largest absolute Gasteiger partial charge is 0.329 e. The molecule has 1 unspecified atom stereocenters. The van der Waals surface area contributed by atoms with Gasteiger partial charge >= 0.3 is 0 Å². The minimum atomic E-state index is 0.329. The predicted molar refractivity (Wildman–Crippen MR) is 73.7 cm³/mol. The third-order valence-electron chi connectivity index (χ3n) is 2.62. The Morgan fingerprint density at radius 3 is 2.69 bits per heavy atom. The predicted octanol–water partition coefficient (Wildman–Crippen LogP) is 3.18. The van der Waals surface area contributed by atoms with Gasteiger partial charge in [0.05, 0.1) is 0 Å². The van der Waals surface area contributed by atoms with Crippen LogP contribution in [-0.4, -0.2) is 12.6 Å². The van der Waals surface area contributed by atoms with Gasteiger partial charge in [-0.2, -0.15) is 0 Å². The van der Waals surface area contributed by atoms with Crippen molar-refractivity contribution in [2.75, 3.05) is 6.54 Å². The summed E-state index contributed by atoms with van der Waals surface area (Å²) in [6, 6.07) is 6.20. The van der Waals surface area contributed by atoms with Crippen molar-refractivity contribution in [1.82, 2.24) is 5.32 Å². The van der Waals surface area contributed by atoms with E-state index >= 15 is 0 Å². The van der Waals surface area contributed by atoms with Gasteiger partial charge in [-0.1, -0.05) is 41.4 Å². The summed E-state index contributed by atoms with van der Waals surface area (Å²) >= 11 is 9.55. The van der Waals surface area contributed by atoms with Crippen LogP contribution in [0.2, 0.25) is 5.02 Å². The maximum atomic E-state index is 6.11. The molecule has 0 radical (unpaired) electrons. The number of hydrogen-bond acceptors (Lipinski definition) is 2. The molecule has 1 rings (SSSR count). The van der Waals surface area contributed by atoms with Crippen molar-refractivity contribution >= 4 is 27.5 Å². The van der Waals surface area contributed by atoms with Crippen LogP contribution in [0.25, 0.3) is 0 Å². The summed E-state index contributed by atoms with van der Waals surface area (Å²) < 4.78 is 1.04. The molecular weight excluding hydrogens is 288 g/mol. The van der Waals surface area contributed by atoms with Crippen molar-refractivity contribution in [2.45, 2.75) is 26.4 Å². The highest BCUT2D eigenvalue weighted by Gasteiger charge is 2.11. The zero-order valence-electron chi connectivity index (χ0n) is 9.63. The van der Waals surface area contributed by atoms with Crippen molar-refractivity contribution in [3.8, 4) is 0 Å². The van der Waals surface area contributed by atoms with Gasteiger partial charge in [-0.05, 0) is 29.7 Å². The van der Waals surface area contributed by atoms with E-state index in [-0.39, 0.29) is 0 Å². The first-order chi connectivity index (χ1) is 7.54. The standard InChI is InChI=1S/C12H18BrClN2/c1-8(2)12(6-15)16-7-9-5-10(13)3-4-11(9)14/h3-5,8,12,16H,6-7,15H2,1-2H3. The monoisotopic (exact) mass is 304 g/mol. The number of nitrogens with one attached hydrogen (secondary N) is 1. The zero-order chi connectivity index (χ0) is 12.1. The second kappa shape index (κ2) is 6.60. The topological polar surface area (TPSA) is 38.0 Å². The van der Waals surface area contributed by atoms with Crippen LogP contribution < -0.4 is 11.1 Å². The lowest BCUT2D eigenvalue weighted by Gasteiger charge is -2.21. The van der Waals surface area contributed by atoms with Crippen molar-refractivity contribution in [3.05, 3.63) is 33.3 Å². The number of nitrogens with two attached hydrogens (primary N) is 1. The van der Waals surface area contributed by atoms with E-state index in [1.54, 1.807) is 0 Å². The Hall–Kier alpha value is -0.0900. The van der Waals surface area contributed by atoms with Crippen LogP contribution in [0.4, 0.5) is 0 Å². The molecule has 0 spiro atoms. The molecule has 4 heteroatoms. The molecule has 0 aromatic heterocycles. The van der Waals surface area contributed by atoms with Gasteiger partial charge in [-0.25, -0.2) is 0 Å². The van der Waals surface area contributed by atoms with Crippen LogP contribution in [0.1, 0.15) is 19.4 Å². The van der Waals surface area contributed by atoms with Crippen LogP contribution in [0.15, 0.2) is 22.7 Å². The maximum absolute atomic E-state index is 6.11. The molecule has 0 bridgehead atoms. The molecule has 3 N–H and O–H groups in total. The van der Waals surface area contributed by atoms with E-state index in [1.807, 2.05) is 18.2 Å². The molecule has 90 valence electrons. The van der Waals surface area contributed by atoms with E-state index in [0.717, 1.165) is 21.6 Å². The van der Waals surface area contributed by atoms with E-state index in [9.17, 15) is 0 Å². The first-order valence-electron chi connectivity index (χ1n) is 5.42. The van der Waals surface area contributed by atoms with Crippen LogP contribution in [0.5, 0.6) is 0 Å². The number of benzene rings is 1. The Balaban J connectivity index is 2.63. The van der Waals surface area contributed by atoms with Gasteiger partial charge in [-0.15, -0.1) is 0 Å². The summed E-state index contributed by atoms with van der Waals surface area (Å²) in [6.45, 7) is 5.71. The fraction of sp³-hybridized carbons (Fsp3) is 0.500. The molecule has 1 aromatic carbocycles. The molecule has 0 saturated carbocycles. The van der Waals surface area contributed by atoms with Gasteiger partial charge in [0.2, 0.25) is 0 Å². The molecule has 0 amide bonds. The molecule has 2 nitrogen and oxygen atoms in total. The molecule has 1 atom stereocenters. The summed E-state index contributed by atoms with van der Waals surface area (Å²) in [6.07, 6.45) is 0. The highest BCUT2D eigenvalue weighted by atomic mass is 79.9. The van der Waals surface area contributed by atoms with Gasteiger partial charge in [0.25, 0.3) is 0 Å². The zero-order valence-corrected chi connectivity index (χ0v) is 12.0. The normalized spacial score (nSPS) is 13.1. The summed E-state index contributed by atoms with van der Waals surface area (Å²) in [7, 11) is 0. The second-order valence-corrected chi connectivity index (χ2v) is 5.53. The van der Waals surface area contributed by atoms with Crippen molar-refractivity contribution < 1.29 is 0 Å². The van der Waals surface area contributed by atoms with Gasteiger partial charge in [-0.3, -0.25) is 0 Å². The lowest BCUT2D eigenvalue weighted by molar-refractivity contribution is 0.405.